The van der Waals surface area contributed by atoms with Crippen molar-refractivity contribution < 1.29 is 13.9 Å². The number of amides is 1. The van der Waals surface area contributed by atoms with Crippen molar-refractivity contribution in [3.8, 4) is 0 Å². The SMILES string of the molecule is CC(=O)NCC(c1ccc(C)o1)N1CCOCC1. The fourth-order valence-corrected chi connectivity index (χ4v) is 2.17. The summed E-state index contributed by atoms with van der Waals surface area (Å²) >= 11 is 0. The second kappa shape index (κ2) is 6.02. The van der Waals surface area contributed by atoms with Gasteiger partial charge in [-0.3, -0.25) is 9.69 Å². The van der Waals surface area contributed by atoms with Gasteiger partial charge in [0.25, 0.3) is 0 Å². The summed E-state index contributed by atoms with van der Waals surface area (Å²) < 4.78 is 11.1. The third-order valence-electron chi connectivity index (χ3n) is 3.12. The summed E-state index contributed by atoms with van der Waals surface area (Å²) in [5.74, 6) is 1.78. The second-order valence-corrected chi connectivity index (χ2v) is 4.55. The van der Waals surface area contributed by atoms with Crippen molar-refractivity contribution in [3.05, 3.63) is 23.7 Å². The summed E-state index contributed by atoms with van der Waals surface area (Å²) in [7, 11) is 0. The van der Waals surface area contributed by atoms with Crippen LogP contribution in [-0.2, 0) is 9.53 Å². The van der Waals surface area contributed by atoms with Gasteiger partial charge < -0.3 is 14.5 Å². The summed E-state index contributed by atoms with van der Waals surface area (Å²) in [5, 5.41) is 2.87. The van der Waals surface area contributed by atoms with Crippen LogP contribution in [0.1, 0.15) is 24.5 Å². The molecule has 18 heavy (non-hydrogen) atoms. The number of aryl methyl sites for hydroxylation is 1. The van der Waals surface area contributed by atoms with Crippen LogP contribution in [0, 0.1) is 6.92 Å². The lowest BCUT2D eigenvalue weighted by Crippen LogP contribution is -2.43. The summed E-state index contributed by atoms with van der Waals surface area (Å²) in [4.78, 5) is 13.4. The molecule has 0 aromatic carbocycles. The highest BCUT2D eigenvalue weighted by molar-refractivity contribution is 5.72. The van der Waals surface area contributed by atoms with E-state index < -0.39 is 0 Å². The number of nitrogens with zero attached hydrogens (tertiary/aromatic N) is 1. The highest BCUT2D eigenvalue weighted by atomic mass is 16.5. The third-order valence-corrected chi connectivity index (χ3v) is 3.12. The molecule has 0 saturated carbocycles. The Kier molecular flexibility index (Phi) is 4.38. The molecule has 0 bridgehead atoms. The Balaban J connectivity index is 2.08. The Morgan fingerprint density at radius 1 is 1.44 bits per heavy atom. The minimum atomic E-state index is -0.0171. The van der Waals surface area contributed by atoms with E-state index in [1.54, 1.807) is 0 Å². The quantitative estimate of drug-likeness (QED) is 0.871. The molecule has 100 valence electrons. The number of ether oxygens (including phenoxy) is 1. The number of nitrogens with one attached hydrogen (secondary N) is 1. The monoisotopic (exact) mass is 252 g/mol. The fraction of sp³-hybridized carbons (Fsp3) is 0.615. The summed E-state index contributed by atoms with van der Waals surface area (Å²) in [6, 6.07) is 4.03. The van der Waals surface area contributed by atoms with Crippen LogP contribution in [0.15, 0.2) is 16.5 Å². The molecule has 1 aromatic heterocycles. The minimum Gasteiger partial charge on any atom is -0.465 e. The highest BCUT2D eigenvalue weighted by Gasteiger charge is 2.25. The smallest absolute Gasteiger partial charge is 0.216 e. The van der Waals surface area contributed by atoms with Crippen molar-refractivity contribution in [2.45, 2.75) is 19.9 Å². The largest absolute Gasteiger partial charge is 0.465 e. The number of morpholine rings is 1. The molecule has 1 fully saturated rings. The van der Waals surface area contributed by atoms with Gasteiger partial charge in [0.15, 0.2) is 0 Å². The standard InChI is InChI=1S/C13H20N2O3/c1-10-3-4-13(18-10)12(9-14-11(2)16)15-5-7-17-8-6-15/h3-4,12H,5-9H2,1-2H3,(H,14,16). The van der Waals surface area contributed by atoms with E-state index in [1.165, 1.54) is 6.92 Å². The second-order valence-electron chi connectivity index (χ2n) is 4.55. The molecule has 1 aliphatic heterocycles. The van der Waals surface area contributed by atoms with Gasteiger partial charge in [0, 0.05) is 26.6 Å². The molecule has 0 aliphatic carbocycles. The molecule has 1 atom stereocenters. The Hall–Kier alpha value is -1.33. The maximum atomic E-state index is 11.1. The molecule has 2 rings (SSSR count). The molecule has 2 heterocycles. The lowest BCUT2D eigenvalue weighted by Gasteiger charge is -2.33. The first kappa shape index (κ1) is 13.1. The summed E-state index contributed by atoms with van der Waals surface area (Å²) in [6.07, 6.45) is 0. The molecule has 1 unspecified atom stereocenters. The lowest BCUT2D eigenvalue weighted by atomic mass is 10.1. The lowest BCUT2D eigenvalue weighted by molar-refractivity contribution is -0.119. The van der Waals surface area contributed by atoms with Crippen LogP contribution in [0.25, 0.3) is 0 Å². The Labute approximate surface area is 107 Å². The van der Waals surface area contributed by atoms with Gasteiger partial charge in [0.1, 0.15) is 11.5 Å². The van der Waals surface area contributed by atoms with Crippen molar-refractivity contribution in [1.29, 1.82) is 0 Å². The van der Waals surface area contributed by atoms with Gasteiger partial charge in [0.05, 0.1) is 19.3 Å². The van der Waals surface area contributed by atoms with Crippen molar-refractivity contribution in [3.63, 3.8) is 0 Å². The summed E-state index contributed by atoms with van der Waals surface area (Å²) in [6.45, 7) is 7.23. The van der Waals surface area contributed by atoms with Crippen molar-refractivity contribution >= 4 is 5.91 Å². The molecule has 5 heteroatoms. The van der Waals surface area contributed by atoms with Crippen LogP contribution >= 0.6 is 0 Å². The molecule has 1 amide bonds. The van der Waals surface area contributed by atoms with Gasteiger partial charge in [-0.2, -0.15) is 0 Å². The molecular weight excluding hydrogens is 232 g/mol. The molecular formula is C13H20N2O3. The van der Waals surface area contributed by atoms with Crippen LogP contribution in [-0.4, -0.2) is 43.7 Å². The van der Waals surface area contributed by atoms with Gasteiger partial charge >= 0.3 is 0 Å². The first-order valence-corrected chi connectivity index (χ1v) is 6.29. The van der Waals surface area contributed by atoms with Crippen molar-refractivity contribution in [2.24, 2.45) is 0 Å². The molecule has 0 spiro atoms. The zero-order valence-electron chi connectivity index (χ0n) is 10.9. The van der Waals surface area contributed by atoms with E-state index in [-0.39, 0.29) is 11.9 Å². The topological polar surface area (TPSA) is 54.7 Å². The Morgan fingerprint density at radius 2 is 2.17 bits per heavy atom. The van der Waals surface area contributed by atoms with E-state index in [9.17, 15) is 4.79 Å². The average molecular weight is 252 g/mol. The van der Waals surface area contributed by atoms with E-state index in [0.717, 1.165) is 37.8 Å². The Bertz CT molecular complexity index is 397. The van der Waals surface area contributed by atoms with Crippen LogP contribution in [0.4, 0.5) is 0 Å². The van der Waals surface area contributed by atoms with Crippen LogP contribution in [0.5, 0.6) is 0 Å². The third kappa shape index (κ3) is 3.34. The normalized spacial score (nSPS) is 18.6. The number of rotatable bonds is 4. The first-order chi connectivity index (χ1) is 8.66. The van der Waals surface area contributed by atoms with Gasteiger partial charge in [-0.05, 0) is 19.1 Å². The summed E-state index contributed by atoms with van der Waals surface area (Å²) in [5.41, 5.74) is 0. The maximum Gasteiger partial charge on any atom is 0.216 e. The van der Waals surface area contributed by atoms with Gasteiger partial charge in [-0.1, -0.05) is 0 Å². The molecule has 0 radical (unpaired) electrons. The molecule has 1 aliphatic rings. The van der Waals surface area contributed by atoms with E-state index in [1.807, 2.05) is 19.1 Å². The van der Waals surface area contributed by atoms with E-state index >= 15 is 0 Å². The van der Waals surface area contributed by atoms with Gasteiger partial charge in [-0.15, -0.1) is 0 Å². The number of hydrogen-bond donors (Lipinski definition) is 1. The van der Waals surface area contributed by atoms with Crippen LogP contribution in [0.2, 0.25) is 0 Å². The highest BCUT2D eigenvalue weighted by Crippen LogP contribution is 2.23. The number of carbonyl (C=O) groups is 1. The van der Waals surface area contributed by atoms with Crippen LogP contribution in [0.3, 0.4) is 0 Å². The minimum absolute atomic E-state index is 0.0171. The predicted octanol–water partition coefficient (Wildman–Crippen LogP) is 1.10. The first-order valence-electron chi connectivity index (χ1n) is 6.29. The van der Waals surface area contributed by atoms with Gasteiger partial charge in [-0.25, -0.2) is 0 Å². The van der Waals surface area contributed by atoms with E-state index in [4.69, 9.17) is 9.15 Å². The van der Waals surface area contributed by atoms with Gasteiger partial charge in [0.2, 0.25) is 5.91 Å². The Morgan fingerprint density at radius 3 is 2.72 bits per heavy atom. The van der Waals surface area contributed by atoms with Crippen LogP contribution < -0.4 is 5.32 Å². The number of carbonyl (C=O) groups excluding carboxylic acids is 1. The maximum absolute atomic E-state index is 11.1. The molecule has 1 aromatic rings. The average Bonchev–Trinajstić information content (AvgIpc) is 2.77. The number of furan rings is 1. The van der Waals surface area contributed by atoms with E-state index in [2.05, 4.69) is 10.2 Å². The van der Waals surface area contributed by atoms with Crippen molar-refractivity contribution in [1.82, 2.24) is 10.2 Å². The predicted molar refractivity (Wildman–Crippen MR) is 67.3 cm³/mol. The van der Waals surface area contributed by atoms with E-state index in [0.29, 0.717) is 6.54 Å². The molecule has 1 saturated heterocycles. The fourth-order valence-electron chi connectivity index (χ4n) is 2.17. The molecule has 5 nitrogen and oxygen atoms in total. The molecule has 1 N–H and O–H groups in total. The zero-order valence-corrected chi connectivity index (χ0v) is 10.9. The zero-order chi connectivity index (χ0) is 13.0. The number of hydrogen-bond acceptors (Lipinski definition) is 4. The van der Waals surface area contributed by atoms with Crippen molar-refractivity contribution in [2.75, 3.05) is 32.8 Å².